The molecule has 27 heavy (non-hydrogen) atoms. The van der Waals surface area contributed by atoms with E-state index in [9.17, 15) is 4.79 Å². The average molecular weight is 395 g/mol. The molecule has 1 unspecified atom stereocenters. The first-order valence-corrected chi connectivity index (χ1v) is 10.3. The zero-order valence-corrected chi connectivity index (χ0v) is 16.3. The fraction of sp³-hybridized carbons (Fsp3) is 0.150. The third-order valence-electron chi connectivity index (χ3n) is 4.13. The molecule has 0 aliphatic heterocycles. The summed E-state index contributed by atoms with van der Waals surface area (Å²) in [6.45, 7) is 1.86. The Labute approximate surface area is 165 Å². The summed E-state index contributed by atoms with van der Waals surface area (Å²) in [7, 11) is 0. The van der Waals surface area contributed by atoms with Crippen LogP contribution in [0.4, 0.5) is 5.69 Å². The predicted molar refractivity (Wildman–Crippen MR) is 111 cm³/mol. The van der Waals surface area contributed by atoms with Crippen molar-refractivity contribution in [3.8, 4) is 0 Å². The van der Waals surface area contributed by atoms with E-state index in [0.717, 1.165) is 28.7 Å². The first-order chi connectivity index (χ1) is 13.2. The van der Waals surface area contributed by atoms with Gasteiger partial charge in [0.15, 0.2) is 0 Å². The number of rotatable bonds is 6. The largest absolute Gasteiger partial charge is 0.325 e. The molecule has 2 aromatic carbocycles. The van der Waals surface area contributed by atoms with Crippen molar-refractivity contribution in [3.63, 3.8) is 0 Å². The van der Waals surface area contributed by atoms with Gasteiger partial charge in [0.05, 0.1) is 5.25 Å². The summed E-state index contributed by atoms with van der Waals surface area (Å²) in [4.78, 5) is 18.3. The van der Waals surface area contributed by atoms with Gasteiger partial charge < -0.3 is 5.32 Å². The van der Waals surface area contributed by atoms with E-state index in [1.165, 1.54) is 16.6 Å². The van der Waals surface area contributed by atoms with Crippen LogP contribution in [0.3, 0.4) is 0 Å². The van der Waals surface area contributed by atoms with Gasteiger partial charge in [-0.3, -0.25) is 9.89 Å². The van der Waals surface area contributed by atoms with Crippen LogP contribution in [0, 0.1) is 0 Å². The molecule has 2 N–H and O–H groups in total. The first kappa shape index (κ1) is 17.8. The van der Waals surface area contributed by atoms with E-state index in [4.69, 9.17) is 0 Å². The number of hydrogen-bond donors (Lipinski definition) is 2. The maximum atomic E-state index is 12.6. The third-order valence-corrected chi connectivity index (χ3v) is 5.97. The van der Waals surface area contributed by atoms with Crippen molar-refractivity contribution in [2.24, 2.45) is 0 Å². The highest BCUT2D eigenvalue weighted by molar-refractivity contribution is 8.00. The summed E-state index contributed by atoms with van der Waals surface area (Å²) in [5, 5.41) is 14.7. The molecule has 136 valence electrons. The monoisotopic (exact) mass is 394 g/mol. The highest BCUT2D eigenvalue weighted by Crippen LogP contribution is 2.25. The van der Waals surface area contributed by atoms with Gasteiger partial charge in [0.2, 0.25) is 11.1 Å². The maximum absolute atomic E-state index is 12.6. The Morgan fingerprint density at radius 3 is 2.89 bits per heavy atom. The molecule has 4 rings (SSSR count). The summed E-state index contributed by atoms with van der Waals surface area (Å²) in [6, 6.07) is 18.0. The number of amides is 1. The second-order valence-electron chi connectivity index (χ2n) is 6.10. The molecule has 1 amide bonds. The number of carbonyl (C=O) groups is 1. The van der Waals surface area contributed by atoms with Crippen LogP contribution in [-0.4, -0.2) is 26.3 Å². The minimum absolute atomic E-state index is 0.0686. The summed E-state index contributed by atoms with van der Waals surface area (Å²) < 4.78 is 0. The number of thiophene rings is 1. The summed E-state index contributed by atoms with van der Waals surface area (Å²) in [5.41, 5.74) is 0.818. The molecule has 0 radical (unpaired) electrons. The van der Waals surface area contributed by atoms with Gasteiger partial charge in [-0.15, -0.1) is 16.4 Å². The number of thioether (sulfide) groups is 1. The summed E-state index contributed by atoms with van der Waals surface area (Å²) >= 11 is 3.04. The lowest BCUT2D eigenvalue weighted by Gasteiger charge is -2.12. The van der Waals surface area contributed by atoms with Crippen molar-refractivity contribution >= 4 is 45.5 Å². The van der Waals surface area contributed by atoms with Crippen LogP contribution in [0.15, 0.2) is 65.1 Å². The molecule has 0 aliphatic rings. The number of carbonyl (C=O) groups excluding carboxylic acids is 1. The lowest BCUT2D eigenvalue weighted by atomic mass is 10.1. The number of nitrogens with one attached hydrogen (secondary N) is 2. The average Bonchev–Trinajstić information content (AvgIpc) is 3.34. The van der Waals surface area contributed by atoms with E-state index in [0.29, 0.717) is 5.16 Å². The predicted octanol–water partition coefficient (Wildman–Crippen LogP) is 4.73. The standard InChI is InChI=1S/C20H18N4OS2/c1-13(27-20-22-18(23-24-20)12-15-8-5-11-26-15)19(25)21-17-10-4-7-14-6-2-3-9-16(14)17/h2-11,13H,12H2,1H3,(H,21,25)(H,22,23,24). The van der Waals surface area contributed by atoms with Crippen LogP contribution in [0.5, 0.6) is 0 Å². The van der Waals surface area contributed by atoms with E-state index in [2.05, 4.69) is 26.6 Å². The van der Waals surface area contributed by atoms with E-state index in [1.807, 2.05) is 60.8 Å². The fourth-order valence-corrected chi connectivity index (χ4v) is 4.22. The van der Waals surface area contributed by atoms with Crippen molar-refractivity contribution in [2.75, 3.05) is 5.32 Å². The number of anilines is 1. The number of aromatic nitrogens is 3. The second-order valence-corrected chi connectivity index (χ2v) is 8.44. The van der Waals surface area contributed by atoms with Gasteiger partial charge in [-0.1, -0.05) is 54.2 Å². The van der Waals surface area contributed by atoms with E-state index in [-0.39, 0.29) is 11.2 Å². The van der Waals surface area contributed by atoms with Crippen LogP contribution in [0.1, 0.15) is 17.6 Å². The molecule has 5 nitrogen and oxygen atoms in total. The van der Waals surface area contributed by atoms with Gasteiger partial charge in [0.25, 0.3) is 0 Å². The second kappa shape index (κ2) is 7.94. The van der Waals surface area contributed by atoms with Gasteiger partial charge in [-0.25, -0.2) is 4.98 Å². The first-order valence-electron chi connectivity index (χ1n) is 8.58. The van der Waals surface area contributed by atoms with E-state index >= 15 is 0 Å². The molecule has 0 aliphatic carbocycles. The molecule has 0 saturated heterocycles. The topological polar surface area (TPSA) is 70.7 Å². The van der Waals surface area contributed by atoms with Crippen LogP contribution < -0.4 is 5.32 Å². The summed E-state index contributed by atoms with van der Waals surface area (Å²) in [5.74, 6) is 0.738. The van der Waals surface area contributed by atoms with Gasteiger partial charge >= 0.3 is 0 Å². The number of H-pyrrole nitrogens is 1. The highest BCUT2D eigenvalue weighted by Gasteiger charge is 2.18. The van der Waals surface area contributed by atoms with Crippen molar-refractivity contribution in [1.29, 1.82) is 0 Å². The Morgan fingerprint density at radius 1 is 1.19 bits per heavy atom. The van der Waals surface area contributed by atoms with Crippen LogP contribution in [0.2, 0.25) is 0 Å². The highest BCUT2D eigenvalue weighted by atomic mass is 32.2. The maximum Gasteiger partial charge on any atom is 0.237 e. The Kier molecular flexibility index (Phi) is 5.22. The van der Waals surface area contributed by atoms with E-state index < -0.39 is 0 Å². The van der Waals surface area contributed by atoms with Crippen LogP contribution in [-0.2, 0) is 11.2 Å². The molecule has 7 heteroatoms. The molecule has 0 saturated carbocycles. The number of fused-ring (bicyclic) bond motifs is 1. The minimum atomic E-state index is -0.311. The summed E-state index contributed by atoms with van der Waals surface area (Å²) in [6.07, 6.45) is 0.724. The van der Waals surface area contributed by atoms with Crippen LogP contribution in [0.25, 0.3) is 10.8 Å². The Bertz CT molecular complexity index is 1050. The number of benzene rings is 2. The van der Waals surface area contributed by atoms with Gasteiger partial charge in [0.1, 0.15) is 5.82 Å². The Hall–Kier alpha value is -2.64. The van der Waals surface area contributed by atoms with Crippen molar-refractivity contribution in [1.82, 2.24) is 15.2 Å². The van der Waals surface area contributed by atoms with Gasteiger partial charge in [-0.2, -0.15) is 0 Å². The normalized spacial score (nSPS) is 12.2. The van der Waals surface area contributed by atoms with Gasteiger partial charge in [-0.05, 0) is 29.8 Å². The minimum Gasteiger partial charge on any atom is -0.325 e. The zero-order chi connectivity index (χ0) is 18.6. The molecule has 0 fully saturated rings. The van der Waals surface area contributed by atoms with Gasteiger partial charge in [0, 0.05) is 22.4 Å². The zero-order valence-electron chi connectivity index (χ0n) is 14.7. The molecule has 0 spiro atoms. The van der Waals surface area contributed by atoms with Crippen molar-refractivity contribution in [3.05, 3.63) is 70.7 Å². The quantitative estimate of drug-likeness (QED) is 0.464. The molecule has 2 aromatic heterocycles. The third kappa shape index (κ3) is 4.20. The molecule has 4 aromatic rings. The molecule has 1 atom stereocenters. The van der Waals surface area contributed by atoms with Crippen molar-refractivity contribution in [2.45, 2.75) is 23.8 Å². The fourth-order valence-electron chi connectivity index (χ4n) is 2.77. The van der Waals surface area contributed by atoms with Crippen molar-refractivity contribution < 1.29 is 4.79 Å². The molecule has 0 bridgehead atoms. The lowest BCUT2D eigenvalue weighted by Crippen LogP contribution is -2.22. The molecule has 2 heterocycles. The Balaban J connectivity index is 1.41. The Morgan fingerprint density at radius 2 is 2.04 bits per heavy atom. The molecular formula is C20H18N4OS2. The number of nitrogens with zero attached hydrogens (tertiary/aromatic N) is 2. The number of hydrogen-bond acceptors (Lipinski definition) is 5. The smallest absolute Gasteiger partial charge is 0.237 e. The van der Waals surface area contributed by atoms with E-state index in [1.54, 1.807) is 11.3 Å². The SMILES string of the molecule is CC(Sc1n[nH]c(Cc2cccs2)n1)C(=O)Nc1cccc2ccccc12. The molecular weight excluding hydrogens is 376 g/mol. The lowest BCUT2D eigenvalue weighted by molar-refractivity contribution is -0.115. The number of aromatic amines is 1. The van der Waals surface area contributed by atoms with Crippen LogP contribution >= 0.6 is 23.1 Å².